The number of anilines is 1. The highest BCUT2D eigenvalue weighted by molar-refractivity contribution is 5.92. The van der Waals surface area contributed by atoms with Crippen molar-refractivity contribution in [2.45, 2.75) is 24.8 Å². The summed E-state index contributed by atoms with van der Waals surface area (Å²) in [6, 6.07) is 5.34. The topological polar surface area (TPSA) is 79.8 Å². The summed E-state index contributed by atoms with van der Waals surface area (Å²) in [6.07, 6.45) is 2.93. The second-order valence-corrected chi connectivity index (χ2v) is 5.55. The molecular formula is C15H20N2O4. The molecule has 0 atom stereocenters. The molecular weight excluding hydrogens is 272 g/mol. The van der Waals surface area contributed by atoms with Crippen LogP contribution < -0.4 is 20.1 Å². The van der Waals surface area contributed by atoms with E-state index in [1.54, 1.807) is 18.2 Å². The molecule has 3 rings (SSSR count). The van der Waals surface area contributed by atoms with E-state index >= 15 is 0 Å². The SMILES string of the molecule is O=C(CNC1(CO)CCC1)Nc1ccc2c(c1)OCCO2. The second kappa shape index (κ2) is 5.91. The molecule has 1 aromatic carbocycles. The van der Waals surface area contributed by atoms with E-state index in [0.29, 0.717) is 30.4 Å². The molecule has 1 aliphatic carbocycles. The highest BCUT2D eigenvalue weighted by atomic mass is 16.6. The molecule has 1 aromatic rings. The van der Waals surface area contributed by atoms with Crippen LogP contribution in [-0.4, -0.2) is 42.9 Å². The zero-order valence-electron chi connectivity index (χ0n) is 11.9. The lowest BCUT2D eigenvalue weighted by atomic mass is 9.77. The Labute approximate surface area is 123 Å². The van der Waals surface area contributed by atoms with Crippen molar-refractivity contribution < 1.29 is 19.4 Å². The minimum atomic E-state index is -0.260. The van der Waals surface area contributed by atoms with Crippen molar-refractivity contribution in [3.8, 4) is 11.5 Å². The maximum absolute atomic E-state index is 12.0. The smallest absolute Gasteiger partial charge is 0.238 e. The molecule has 6 nitrogen and oxygen atoms in total. The number of carbonyl (C=O) groups excluding carboxylic acids is 1. The number of fused-ring (bicyclic) bond motifs is 1. The van der Waals surface area contributed by atoms with Gasteiger partial charge in [-0.05, 0) is 31.4 Å². The van der Waals surface area contributed by atoms with Crippen LogP contribution in [0.25, 0.3) is 0 Å². The van der Waals surface area contributed by atoms with Crippen LogP contribution in [0.5, 0.6) is 11.5 Å². The van der Waals surface area contributed by atoms with Gasteiger partial charge in [0.1, 0.15) is 13.2 Å². The molecule has 21 heavy (non-hydrogen) atoms. The minimum Gasteiger partial charge on any atom is -0.486 e. The van der Waals surface area contributed by atoms with Crippen molar-refractivity contribution in [3.63, 3.8) is 0 Å². The molecule has 2 aliphatic rings. The molecule has 3 N–H and O–H groups in total. The van der Waals surface area contributed by atoms with E-state index in [9.17, 15) is 9.90 Å². The third kappa shape index (κ3) is 3.11. The number of aliphatic hydroxyl groups is 1. The second-order valence-electron chi connectivity index (χ2n) is 5.55. The number of benzene rings is 1. The first-order chi connectivity index (χ1) is 10.2. The molecule has 6 heteroatoms. The Morgan fingerprint density at radius 2 is 2.00 bits per heavy atom. The van der Waals surface area contributed by atoms with Gasteiger partial charge in [0.25, 0.3) is 0 Å². The summed E-state index contributed by atoms with van der Waals surface area (Å²) >= 11 is 0. The van der Waals surface area contributed by atoms with Crippen molar-refractivity contribution >= 4 is 11.6 Å². The first kappa shape index (κ1) is 14.2. The van der Waals surface area contributed by atoms with E-state index in [1.807, 2.05) is 0 Å². The van der Waals surface area contributed by atoms with Gasteiger partial charge in [0.05, 0.1) is 13.2 Å². The number of amides is 1. The molecule has 1 heterocycles. The average molecular weight is 292 g/mol. The lowest BCUT2D eigenvalue weighted by Crippen LogP contribution is -2.55. The molecule has 0 unspecified atom stereocenters. The van der Waals surface area contributed by atoms with E-state index in [-0.39, 0.29) is 24.6 Å². The van der Waals surface area contributed by atoms with Gasteiger partial charge in [0.2, 0.25) is 5.91 Å². The number of rotatable bonds is 5. The van der Waals surface area contributed by atoms with E-state index in [1.165, 1.54) is 0 Å². The van der Waals surface area contributed by atoms with Crippen LogP contribution in [0.2, 0.25) is 0 Å². The van der Waals surface area contributed by atoms with Gasteiger partial charge in [-0.3, -0.25) is 4.79 Å². The van der Waals surface area contributed by atoms with Crippen molar-refractivity contribution in [2.75, 3.05) is 31.7 Å². The number of hydrogen-bond donors (Lipinski definition) is 3. The van der Waals surface area contributed by atoms with Crippen LogP contribution in [-0.2, 0) is 4.79 Å². The maximum atomic E-state index is 12.0. The summed E-state index contributed by atoms with van der Waals surface area (Å²) in [4.78, 5) is 12.0. The van der Waals surface area contributed by atoms with Crippen LogP contribution in [0.15, 0.2) is 18.2 Å². The maximum Gasteiger partial charge on any atom is 0.238 e. The quantitative estimate of drug-likeness (QED) is 0.751. The third-order valence-corrected chi connectivity index (χ3v) is 4.06. The molecule has 1 aliphatic heterocycles. The Balaban J connectivity index is 1.55. The summed E-state index contributed by atoms with van der Waals surface area (Å²) in [7, 11) is 0. The zero-order valence-corrected chi connectivity index (χ0v) is 11.9. The molecule has 1 fully saturated rings. The Hall–Kier alpha value is -1.79. The van der Waals surface area contributed by atoms with Crippen molar-refractivity contribution in [3.05, 3.63) is 18.2 Å². The number of nitrogens with one attached hydrogen (secondary N) is 2. The van der Waals surface area contributed by atoms with Gasteiger partial charge in [0.15, 0.2) is 11.5 Å². The summed E-state index contributed by atoms with van der Waals surface area (Å²) < 4.78 is 10.9. The molecule has 0 bridgehead atoms. The van der Waals surface area contributed by atoms with Gasteiger partial charge in [-0.2, -0.15) is 0 Å². The summed E-state index contributed by atoms with van der Waals surface area (Å²) in [5, 5.41) is 15.3. The summed E-state index contributed by atoms with van der Waals surface area (Å²) in [5.74, 6) is 1.22. The van der Waals surface area contributed by atoms with Gasteiger partial charge >= 0.3 is 0 Å². The fourth-order valence-electron chi connectivity index (χ4n) is 2.59. The van der Waals surface area contributed by atoms with Gasteiger partial charge in [-0.25, -0.2) is 0 Å². The van der Waals surface area contributed by atoms with Crippen LogP contribution in [0.1, 0.15) is 19.3 Å². The summed E-state index contributed by atoms with van der Waals surface area (Å²) in [6.45, 7) is 1.33. The molecule has 1 saturated carbocycles. The van der Waals surface area contributed by atoms with Crippen LogP contribution in [0.3, 0.4) is 0 Å². The normalized spacial score (nSPS) is 18.7. The highest BCUT2D eigenvalue weighted by Gasteiger charge is 2.36. The predicted molar refractivity (Wildman–Crippen MR) is 77.7 cm³/mol. The van der Waals surface area contributed by atoms with Gasteiger partial charge in [0, 0.05) is 17.3 Å². The van der Waals surface area contributed by atoms with Crippen molar-refractivity contribution in [1.82, 2.24) is 5.32 Å². The standard InChI is InChI=1S/C15H20N2O4/c18-10-15(4-1-5-15)16-9-14(19)17-11-2-3-12-13(8-11)21-7-6-20-12/h2-3,8,16,18H,1,4-7,9-10H2,(H,17,19). The molecule has 0 aromatic heterocycles. The minimum absolute atomic E-state index is 0.0737. The number of ether oxygens (including phenoxy) is 2. The molecule has 0 saturated heterocycles. The van der Waals surface area contributed by atoms with E-state index in [4.69, 9.17) is 9.47 Å². The molecule has 0 radical (unpaired) electrons. The first-order valence-electron chi connectivity index (χ1n) is 7.26. The first-order valence-corrected chi connectivity index (χ1v) is 7.26. The largest absolute Gasteiger partial charge is 0.486 e. The number of hydrogen-bond acceptors (Lipinski definition) is 5. The van der Waals surface area contributed by atoms with Crippen molar-refractivity contribution in [1.29, 1.82) is 0 Å². The number of carbonyl (C=O) groups is 1. The van der Waals surface area contributed by atoms with Gasteiger partial charge in [-0.15, -0.1) is 0 Å². The fraction of sp³-hybridized carbons (Fsp3) is 0.533. The molecule has 1 amide bonds. The van der Waals surface area contributed by atoms with Crippen LogP contribution in [0.4, 0.5) is 5.69 Å². The molecule has 114 valence electrons. The average Bonchev–Trinajstić information content (AvgIpc) is 2.46. The van der Waals surface area contributed by atoms with Gasteiger partial charge < -0.3 is 25.2 Å². The Morgan fingerprint density at radius 1 is 1.24 bits per heavy atom. The Morgan fingerprint density at radius 3 is 2.67 bits per heavy atom. The van der Waals surface area contributed by atoms with Crippen LogP contribution >= 0.6 is 0 Å². The van der Waals surface area contributed by atoms with Gasteiger partial charge in [-0.1, -0.05) is 0 Å². The monoisotopic (exact) mass is 292 g/mol. The van der Waals surface area contributed by atoms with E-state index in [2.05, 4.69) is 10.6 Å². The molecule has 0 spiro atoms. The lowest BCUT2D eigenvalue weighted by Gasteiger charge is -2.41. The predicted octanol–water partition coefficient (Wildman–Crippen LogP) is 0.901. The number of aliphatic hydroxyl groups excluding tert-OH is 1. The van der Waals surface area contributed by atoms with Crippen molar-refractivity contribution in [2.24, 2.45) is 0 Å². The fourth-order valence-corrected chi connectivity index (χ4v) is 2.59. The third-order valence-electron chi connectivity index (χ3n) is 4.06. The Kier molecular flexibility index (Phi) is 3.98. The summed E-state index contributed by atoms with van der Waals surface area (Å²) in [5.41, 5.74) is 0.419. The zero-order chi connectivity index (χ0) is 14.7. The van der Waals surface area contributed by atoms with E-state index < -0.39 is 0 Å². The lowest BCUT2D eigenvalue weighted by molar-refractivity contribution is -0.116. The van der Waals surface area contributed by atoms with Crippen LogP contribution in [0, 0.1) is 0 Å². The highest BCUT2D eigenvalue weighted by Crippen LogP contribution is 2.33. The van der Waals surface area contributed by atoms with E-state index in [0.717, 1.165) is 19.3 Å². The Bertz CT molecular complexity index is 523.